The number of amides is 5. The number of carbonyl (C=O) groups excluding carboxylic acids is 6. The average molecular weight is 1310 g/mol. The summed E-state index contributed by atoms with van der Waals surface area (Å²) >= 11 is 7.12. The first-order chi connectivity index (χ1) is 42.3. The number of pyridine rings is 1. The fraction of sp³-hybridized carbons (Fsp3) is 0.362. The van der Waals surface area contributed by atoms with E-state index in [4.69, 9.17) is 44.7 Å². The van der Waals surface area contributed by atoms with Crippen LogP contribution in [0.1, 0.15) is 151 Å². The van der Waals surface area contributed by atoms with Gasteiger partial charge in [-0.2, -0.15) is 0 Å². The van der Waals surface area contributed by atoms with Crippen LogP contribution in [-0.2, 0) is 35.3 Å². The molecule has 7 aromatic heterocycles. The summed E-state index contributed by atoms with van der Waals surface area (Å²) in [7, 11) is 2.94. The third kappa shape index (κ3) is 15.6. The minimum atomic E-state index is -1.30. The lowest BCUT2D eigenvalue weighted by atomic mass is 9.90. The summed E-state index contributed by atoms with van der Waals surface area (Å²) in [5, 5.41) is 50.6. The van der Waals surface area contributed by atoms with Crippen LogP contribution in [0.3, 0.4) is 0 Å². The van der Waals surface area contributed by atoms with Gasteiger partial charge in [-0.05, 0) is 49.8 Å². The maximum atomic E-state index is 14.4. The lowest BCUT2D eigenvalue weighted by Gasteiger charge is -2.23. The molecule has 1 aliphatic rings. The smallest absolute Gasteiger partial charge is 0.303 e. The van der Waals surface area contributed by atoms with E-state index in [0.717, 1.165) is 22.7 Å². The Morgan fingerprint density at radius 2 is 1.39 bits per heavy atom. The van der Waals surface area contributed by atoms with Crippen molar-refractivity contribution in [1.29, 1.82) is 0 Å². The minimum absolute atomic E-state index is 0.00285. The Labute approximate surface area is 528 Å². The van der Waals surface area contributed by atoms with Gasteiger partial charge in [-0.3, -0.25) is 43.3 Å². The van der Waals surface area contributed by atoms with Crippen molar-refractivity contribution in [2.75, 3.05) is 32.1 Å². The van der Waals surface area contributed by atoms with Crippen LogP contribution < -0.4 is 26.2 Å². The van der Waals surface area contributed by atoms with Crippen molar-refractivity contribution in [2.45, 2.75) is 103 Å². The number of hydrogen-bond donors (Lipinski definition) is 7. The number of hydrogen-bond acceptors (Lipinski definition) is 23. The molecule has 30 heteroatoms. The number of ether oxygens (including phenoxy) is 1. The van der Waals surface area contributed by atoms with Crippen molar-refractivity contribution in [3.05, 3.63) is 111 Å². The van der Waals surface area contributed by atoms with E-state index in [1.165, 1.54) is 64.4 Å². The van der Waals surface area contributed by atoms with Crippen LogP contribution in [0, 0.1) is 12.8 Å². The Kier molecular flexibility index (Phi) is 21.5. The van der Waals surface area contributed by atoms with Crippen molar-refractivity contribution < 1.29 is 58.4 Å². The van der Waals surface area contributed by atoms with Gasteiger partial charge in [0.25, 0.3) is 11.8 Å². The molecule has 1 aromatic carbocycles. The van der Waals surface area contributed by atoms with Gasteiger partial charge in [0.15, 0.2) is 5.78 Å². The Morgan fingerprint density at radius 3 is 2.12 bits per heavy atom. The van der Waals surface area contributed by atoms with Crippen LogP contribution in [0.4, 0.5) is 5.82 Å². The summed E-state index contributed by atoms with van der Waals surface area (Å²) in [6.07, 6.45) is -1.16. The third-order valence-corrected chi connectivity index (χ3v) is 19.7. The topological polar surface area (TPSA) is 348 Å². The number of unbranched alkanes of at least 4 members (excludes halogenated alkanes) is 1. The molecule has 0 saturated heterocycles. The molecule has 4 atom stereocenters. The molecule has 0 aliphatic carbocycles. The Morgan fingerprint density at radius 1 is 0.705 bits per heavy atom. The number of ketones is 1. The van der Waals surface area contributed by atoms with Crippen LogP contribution in [0.2, 0.25) is 0 Å². The average Bonchev–Trinajstić information content (AvgIpc) is 2.63. The highest BCUT2D eigenvalue weighted by Crippen LogP contribution is 2.41. The number of carboxylic acid groups (broad SMARTS) is 2. The second-order valence-electron chi connectivity index (χ2n) is 20.6. The van der Waals surface area contributed by atoms with Crippen LogP contribution in [0.5, 0.6) is 0 Å². The molecule has 8 heterocycles. The molecule has 88 heavy (non-hydrogen) atoms. The van der Waals surface area contributed by atoms with Crippen molar-refractivity contribution in [3.63, 3.8) is 0 Å². The first kappa shape index (κ1) is 64.5. The number of carboxylic acids is 2. The first-order valence-corrected chi connectivity index (χ1v) is 32.8. The molecule has 7 N–H and O–H groups in total. The SMILES string of the molecule is CNC(=O)C[C@@H]1NC(=O)c2csc(n2)-c2ccc(-c3nc(N(CCCC(=O)O)C(=O)CCCCC(=O)O)cs3)nc2-c2csc(n2)-c2csc(n2)[C@H]([C@@H](O)c2ccccc2)NC(=O)CNC(=O)c2nc(sc2COC)C(C(C)C)CC(=O)c2nc1sc2C. The van der Waals surface area contributed by atoms with Gasteiger partial charge in [0.2, 0.25) is 17.7 Å². The fourth-order valence-corrected chi connectivity index (χ4v) is 15.0. The molecule has 1 aliphatic heterocycles. The third-order valence-electron chi connectivity index (χ3n) is 14.0. The van der Waals surface area contributed by atoms with Crippen molar-refractivity contribution in [2.24, 2.45) is 5.92 Å². The minimum Gasteiger partial charge on any atom is -0.481 e. The molecular formula is C58H60N12O12S6. The standard InChI is InChI=1S/C58H60N12O12S6/c1-28(2)32-20-38(71)46-29(3)87-57(68-46)34(21-41(72)59-4)62-51(80)36-25-83-53(64-36)31-17-18-33(55-66-40(27-86-55)70(19-11-16-45(77)78)43(74)14-9-10-15-44(75)76)61-47(31)35-24-84-56(63-35)37-26-85-58(65-37)49(50(79)30-12-7-6-8-13-30)67-42(73)22-60-52(81)48-39(23-82-5)88-54(32)69-48/h6-8,12-13,17-18,24-28,32,34,49-50,79H,9-11,14-16,19-23H2,1-5H3,(H,59,72)(H,60,81)(H,62,80)(H,67,73)(H,75,76)(H,77,78)/t32?,34-,49-,50-/m0/s1. The van der Waals surface area contributed by atoms with Gasteiger partial charge in [0.05, 0.1) is 41.2 Å². The van der Waals surface area contributed by atoms with E-state index in [2.05, 4.69) is 21.3 Å². The normalized spacial score (nSPS) is 16.1. The van der Waals surface area contributed by atoms with Crippen LogP contribution in [-0.4, -0.2) is 125 Å². The molecule has 1 unspecified atom stereocenters. The maximum Gasteiger partial charge on any atom is 0.303 e. The number of nitrogens with one attached hydrogen (secondary N) is 4. The van der Waals surface area contributed by atoms with E-state index in [0.29, 0.717) is 80.1 Å². The molecule has 8 aromatic rings. The summed E-state index contributed by atoms with van der Waals surface area (Å²) in [6, 6.07) is 10.1. The zero-order chi connectivity index (χ0) is 62.8. The van der Waals surface area contributed by atoms with Crippen LogP contribution in [0.25, 0.3) is 43.4 Å². The fourth-order valence-electron chi connectivity index (χ4n) is 9.40. The number of nitrogens with zero attached hydrogens (tertiary/aromatic N) is 8. The number of benzene rings is 1. The predicted molar refractivity (Wildman–Crippen MR) is 334 cm³/mol. The van der Waals surface area contributed by atoms with E-state index in [1.54, 1.807) is 70.9 Å². The van der Waals surface area contributed by atoms with Gasteiger partial charge in [-0.1, -0.05) is 44.2 Å². The summed E-state index contributed by atoms with van der Waals surface area (Å²) in [5.74, 6) is -5.42. The number of rotatable bonds is 18. The quantitative estimate of drug-likeness (QED) is 0.0394. The van der Waals surface area contributed by atoms with Gasteiger partial charge >= 0.3 is 11.9 Å². The lowest BCUT2D eigenvalue weighted by molar-refractivity contribution is -0.138. The maximum absolute atomic E-state index is 14.4. The Bertz CT molecular complexity index is 3870. The molecule has 5 amide bonds. The summed E-state index contributed by atoms with van der Waals surface area (Å²) < 4.78 is 5.47. The number of methoxy groups -OCH3 is 1. The van der Waals surface area contributed by atoms with Crippen LogP contribution >= 0.6 is 68.0 Å². The van der Waals surface area contributed by atoms with E-state index in [9.17, 15) is 48.6 Å². The van der Waals surface area contributed by atoms with Crippen molar-refractivity contribution >= 4 is 121 Å². The highest BCUT2D eigenvalue weighted by atomic mass is 32.1. The highest BCUT2D eigenvalue weighted by Gasteiger charge is 2.33. The second-order valence-corrected chi connectivity index (χ2v) is 26.4. The van der Waals surface area contributed by atoms with E-state index < -0.39 is 66.2 Å². The molecule has 0 radical (unpaired) electrons. The number of fused-ring (bicyclic) bond motifs is 14. The van der Waals surface area contributed by atoms with Gasteiger partial charge in [-0.15, -0.1) is 68.0 Å². The number of Topliss-reactive ketones (excluding diaryl/α,β-unsaturated/α-hetero) is 1. The zero-order valence-corrected chi connectivity index (χ0v) is 53.0. The first-order valence-electron chi connectivity index (χ1n) is 27.7. The van der Waals surface area contributed by atoms with E-state index in [-0.39, 0.29) is 98.6 Å². The number of thiazole rings is 6. The van der Waals surface area contributed by atoms with E-state index >= 15 is 0 Å². The summed E-state index contributed by atoms with van der Waals surface area (Å²) in [6.45, 7) is 5.14. The van der Waals surface area contributed by atoms with Crippen LogP contribution in [0.15, 0.2) is 64.0 Å². The predicted octanol–water partition coefficient (Wildman–Crippen LogP) is 9.04. The molecule has 0 spiro atoms. The van der Waals surface area contributed by atoms with Crippen molar-refractivity contribution in [3.8, 4) is 43.4 Å². The number of anilines is 1. The number of aryl methyl sites for hydroxylation is 1. The summed E-state index contributed by atoms with van der Waals surface area (Å²) in [4.78, 5) is 143. The molecule has 10 bridgehead atoms. The lowest BCUT2D eigenvalue weighted by Crippen LogP contribution is -2.40. The zero-order valence-electron chi connectivity index (χ0n) is 48.1. The molecule has 460 valence electrons. The van der Waals surface area contributed by atoms with Gasteiger partial charge in [0.1, 0.15) is 77.2 Å². The Hall–Kier alpha value is -7.97. The monoisotopic (exact) mass is 1310 g/mol. The Balaban J connectivity index is 1.12. The second kappa shape index (κ2) is 29.4. The highest BCUT2D eigenvalue weighted by molar-refractivity contribution is 7.15. The summed E-state index contributed by atoms with van der Waals surface area (Å²) in [5.41, 5.74) is 2.56. The number of aliphatic hydroxyl groups excluding tert-OH is 1. The van der Waals surface area contributed by atoms with Gasteiger partial charge in [0, 0.05) is 84.3 Å². The number of carbonyl (C=O) groups is 8. The number of aromatic nitrogens is 7. The molecule has 0 saturated carbocycles. The molecule has 9 rings (SSSR count). The van der Waals surface area contributed by atoms with Gasteiger partial charge in [-0.25, -0.2) is 34.9 Å². The van der Waals surface area contributed by atoms with Crippen molar-refractivity contribution in [1.82, 2.24) is 56.2 Å². The van der Waals surface area contributed by atoms with Gasteiger partial charge < -0.3 is 41.3 Å². The molecular weight excluding hydrogens is 1250 g/mol. The largest absolute Gasteiger partial charge is 0.481 e. The molecule has 24 nitrogen and oxygen atoms in total. The number of aliphatic carboxylic acids is 2. The molecule has 0 fully saturated rings. The number of aliphatic hydroxyl groups is 1. The van der Waals surface area contributed by atoms with E-state index in [1.807, 2.05) is 13.8 Å².